The Morgan fingerprint density at radius 3 is 2.16 bits per heavy atom. The SMILES string of the molecule is CCCCCCC(F)(F)C(=O)CCC1C(CCCCCCCCC(=O)O)C(=O)CC1(O)O. The fourth-order valence-corrected chi connectivity index (χ4v) is 4.59. The largest absolute Gasteiger partial charge is 0.481 e. The van der Waals surface area contributed by atoms with Gasteiger partial charge in [0.05, 0.1) is 6.42 Å². The average Bonchev–Trinajstić information content (AvgIpc) is 2.92. The second-order valence-corrected chi connectivity index (χ2v) is 9.27. The molecule has 0 aromatic heterocycles. The number of aliphatic carboxylic acids is 1. The van der Waals surface area contributed by atoms with E-state index in [1.165, 1.54) is 0 Å². The van der Waals surface area contributed by atoms with E-state index in [9.17, 15) is 33.4 Å². The first-order chi connectivity index (χ1) is 15.0. The summed E-state index contributed by atoms with van der Waals surface area (Å²) in [6.45, 7) is 1.97. The van der Waals surface area contributed by atoms with E-state index in [-0.39, 0.29) is 25.0 Å². The van der Waals surface area contributed by atoms with Crippen LogP contribution in [-0.2, 0) is 14.4 Å². The first-order valence-corrected chi connectivity index (χ1v) is 12.1. The molecule has 1 aliphatic rings. The summed E-state index contributed by atoms with van der Waals surface area (Å²) in [6.07, 6.45) is 6.47. The molecule has 0 aromatic carbocycles. The zero-order valence-corrected chi connectivity index (χ0v) is 19.3. The Bertz CT molecular complexity index is 605. The number of carboxylic acids is 1. The summed E-state index contributed by atoms with van der Waals surface area (Å²) in [7, 11) is 0. The van der Waals surface area contributed by atoms with Gasteiger partial charge in [-0.15, -0.1) is 0 Å². The Hall–Kier alpha value is -1.41. The van der Waals surface area contributed by atoms with Crippen molar-refractivity contribution in [1.82, 2.24) is 0 Å². The van der Waals surface area contributed by atoms with Crippen LogP contribution in [-0.4, -0.2) is 44.6 Å². The molecule has 0 amide bonds. The Labute approximate surface area is 189 Å². The molecule has 2 atom stereocenters. The highest BCUT2D eigenvalue weighted by Gasteiger charge is 2.51. The van der Waals surface area contributed by atoms with Crippen LogP contribution in [0.5, 0.6) is 0 Å². The fraction of sp³-hybridized carbons (Fsp3) is 0.875. The maximum atomic E-state index is 14.1. The molecule has 0 aliphatic heterocycles. The van der Waals surface area contributed by atoms with Crippen LogP contribution in [0.4, 0.5) is 8.78 Å². The lowest BCUT2D eigenvalue weighted by Crippen LogP contribution is -2.37. The van der Waals surface area contributed by atoms with Gasteiger partial charge in [-0.05, 0) is 25.7 Å². The standard InChI is InChI=1S/C24H40F2O6/c1-2-3-4-11-16-23(25,26)21(28)15-14-19-18(20(27)17-24(19,31)32)12-9-7-5-6-8-10-13-22(29)30/h18-19,31-32H,2-17H2,1H3,(H,29,30). The summed E-state index contributed by atoms with van der Waals surface area (Å²) in [6, 6.07) is 0. The van der Waals surface area contributed by atoms with E-state index >= 15 is 0 Å². The number of ketones is 2. The van der Waals surface area contributed by atoms with Crippen LogP contribution in [0.2, 0.25) is 0 Å². The molecule has 0 bridgehead atoms. The molecule has 0 radical (unpaired) electrons. The van der Waals surface area contributed by atoms with Crippen molar-refractivity contribution < 1.29 is 38.5 Å². The minimum atomic E-state index is -3.42. The zero-order chi connectivity index (χ0) is 24.2. The molecule has 1 fully saturated rings. The molecular formula is C24H40F2O6. The fourth-order valence-electron chi connectivity index (χ4n) is 4.59. The molecule has 0 spiro atoms. The normalized spacial score (nSPS) is 20.6. The van der Waals surface area contributed by atoms with Crippen molar-refractivity contribution in [2.45, 2.75) is 121 Å². The van der Waals surface area contributed by atoms with Crippen molar-refractivity contribution >= 4 is 17.5 Å². The molecule has 1 rings (SSSR count). The van der Waals surface area contributed by atoms with Gasteiger partial charge in [0.1, 0.15) is 5.78 Å². The van der Waals surface area contributed by atoms with Crippen molar-refractivity contribution in [3.63, 3.8) is 0 Å². The molecule has 6 nitrogen and oxygen atoms in total. The number of alkyl halides is 2. The van der Waals surface area contributed by atoms with Crippen molar-refractivity contribution in [2.75, 3.05) is 0 Å². The van der Waals surface area contributed by atoms with Gasteiger partial charge in [0.25, 0.3) is 0 Å². The van der Waals surface area contributed by atoms with E-state index < -0.39 is 54.6 Å². The van der Waals surface area contributed by atoms with Gasteiger partial charge in [-0.2, -0.15) is 8.78 Å². The van der Waals surface area contributed by atoms with E-state index in [4.69, 9.17) is 5.11 Å². The number of Topliss-reactive ketones (excluding diaryl/α,β-unsaturated/α-hetero) is 2. The molecular weight excluding hydrogens is 422 g/mol. The molecule has 0 heterocycles. The van der Waals surface area contributed by atoms with E-state index in [0.717, 1.165) is 38.5 Å². The molecule has 2 unspecified atom stereocenters. The lowest BCUT2D eigenvalue weighted by molar-refractivity contribution is -0.192. The van der Waals surface area contributed by atoms with Crippen molar-refractivity contribution in [1.29, 1.82) is 0 Å². The predicted molar refractivity (Wildman–Crippen MR) is 116 cm³/mol. The Kier molecular flexibility index (Phi) is 12.5. The topological polar surface area (TPSA) is 112 Å². The van der Waals surface area contributed by atoms with Crippen molar-refractivity contribution in [3.05, 3.63) is 0 Å². The number of hydrogen-bond acceptors (Lipinski definition) is 5. The summed E-state index contributed by atoms with van der Waals surface area (Å²) in [5, 5.41) is 29.1. The second-order valence-electron chi connectivity index (χ2n) is 9.27. The number of unbranched alkanes of at least 4 members (excludes halogenated alkanes) is 8. The number of carbonyl (C=O) groups is 3. The summed E-state index contributed by atoms with van der Waals surface area (Å²) >= 11 is 0. The van der Waals surface area contributed by atoms with Gasteiger partial charge < -0.3 is 15.3 Å². The Balaban J connectivity index is 2.46. The number of rotatable bonds is 18. The molecule has 0 aromatic rings. The third kappa shape index (κ3) is 10.0. The third-order valence-corrected chi connectivity index (χ3v) is 6.52. The molecule has 1 saturated carbocycles. The van der Waals surface area contributed by atoms with Crippen LogP contribution in [0.3, 0.4) is 0 Å². The lowest BCUT2D eigenvalue weighted by Gasteiger charge is -2.27. The summed E-state index contributed by atoms with van der Waals surface area (Å²) in [4.78, 5) is 34.9. The second kappa shape index (κ2) is 14.0. The number of aliphatic hydroxyl groups is 2. The minimum absolute atomic E-state index is 0.137. The van der Waals surface area contributed by atoms with Crippen LogP contribution < -0.4 is 0 Å². The highest BCUT2D eigenvalue weighted by Crippen LogP contribution is 2.42. The van der Waals surface area contributed by atoms with E-state index in [0.29, 0.717) is 25.7 Å². The van der Waals surface area contributed by atoms with Crippen molar-refractivity contribution in [3.8, 4) is 0 Å². The molecule has 8 heteroatoms. The van der Waals surface area contributed by atoms with Gasteiger partial charge in [-0.3, -0.25) is 14.4 Å². The third-order valence-electron chi connectivity index (χ3n) is 6.52. The predicted octanol–water partition coefficient (Wildman–Crippen LogP) is 5.03. The minimum Gasteiger partial charge on any atom is -0.481 e. The van der Waals surface area contributed by atoms with Gasteiger partial charge in [0, 0.05) is 31.1 Å². The van der Waals surface area contributed by atoms with Gasteiger partial charge in [0.2, 0.25) is 5.78 Å². The molecule has 0 saturated heterocycles. The molecule has 3 N–H and O–H groups in total. The molecule has 32 heavy (non-hydrogen) atoms. The Morgan fingerprint density at radius 1 is 0.938 bits per heavy atom. The quantitative estimate of drug-likeness (QED) is 0.194. The summed E-state index contributed by atoms with van der Waals surface area (Å²) in [5.74, 6) is -9.51. The first-order valence-electron chi connectivity index (χ1n) is 12.1. The van der Waals surface area contributed by atoms with Crippen LogP contribution in [0.15, 0.2) is 0 Å². The summed E-state index contributed by atoms with van der Waals surface area (Å²) < 4.78 is 28.3. The number of halogens is 2. The maximum Gasteiger partial charge on any atom is 0.305 e. The molecule has 1 aliphatic carbocycles. The number of carboxylic acid groups (broad SMARTS) is 1. The van der Waals surface area contributed by atoms with E-state index in [1.54, 1.807) is 0 Å². The van der Waals surface area contributed by atoms with Crippen LogP contribution >= 0.6 is 0 Å². The Morgan fingerprint density at radius 2 is 1.53 bits per heavy atom. The molecule has 186 valence electrons. The van der Waals surface area contributed by atoms with Crippen molar-refractivity contribution in [2.24, 2.45) is 11.8 Å². The van der Waals surface area contributed by atoms with Crippen LogP contribution in [0.1, 0.15) is 110 Å². The number of hydrogen-bond donors (Lipinski definition) is 3. The summed E-state index contributed by atoms with van der Waals surface area (Å²) in [5.41, 5.74) is 0. The maximum absolute atomic E-state index is 14.1. The van der Waals surface area contributed by atoms with Gasteiger partial charge in [-0.1, -0.05) is 58.3 Å². The highest BCUT2D eigenvalue weighted by molar-refractivity contribution is 5.86. The monoisotopic (exact) mass is 462 g/mol. The van der Waals surface area contributed by atoms with Gasteiger partial charge in [0.15, 0.2) is 5.79 Å². The van der Waals surface area contributed by atoms with Gasteiger partial charge in [-0.25, -0.2) is 0 Å². The average molecular weight is 463 g/mol. The number of carbonyl (C=O) groups excluding carboxylic acids is 2. The highest BCUT2D eigenvalue weighted by atomic mass is 19.3. The smallest absolute Gasteiger partial charge is 0.305 e. The van der Waals surface area contributed by atoms with Crippen LogP contribution in [0, 0.1) is 11.8 Å². The lowest BCUT2D eigenvalue weighted by atomic mass is 9.83. The van der Waals surface area contributed by atoms with Gasteiger partial charge >= 0.3 is 11.9 Å². The first kappa shape index (κ1) is 28.6. The van der Waals surface area contributed by atoms with E-state index in [1.807, 2.05) is 6.92 Å². The van der Waals surface area contributed by atoms with E-state index in [2.05, 4.69) is 0 Å². The van der Waals surface area contributed by atoms with Crippen LogP contribution in [0.25, 0.3) is 0 Å². The zero-order valence-electron chi connectivity index (χ0n) is 19.3.